The van der Waals surface area contributed by atoms with Gasteiger partial charge >= 0.3 is 11.9 Å². The molecule has 1 atom stereocenters. The maximum absolute atomic E-state index is 11.9. The van der Waals surface area contributed by atoms with Crippen LogP contribution < -0.4 is 10.1 Å². The van der Waals surface area contributed by atoms with Gasteiger partial charge < -0.3 is 19.5 Å². The predicted molar refractivity (Wildman–Crippen MR) is 111 cm³/mol. The Morgan fingerprint density at radius 3 is 2.50 bits per heavy atom. The van der Waals surface area contributed by atoms with Crippen molar-refractivity contribution in [3.8, 4) is 16.9 Å². The Balaban J connectivity index is 1.69. The Morgan fingerprint density at radius 1 is 1.10 bits per heavy atom. The normalized spacial score (nSPS) is 14.4. The largest absolute Gasteiger partial charge is 0.487 e. The van der Waals surface area contributed by atoms with Crippen molar-refractivity contribution in [1.29, 1.82) is 0 Å². The minimum absolute atomic E-state index is 0.0371. The Labute approximate surface area is 179 Å². The van der Waals surface area contributed by atoms with Crippen LogP contribution in [0.25, 0.3) is 11.1 Å². The third kappa shape index (κ3) is 5.10. The van der Waals surface area contributed by atoms with E-state index in [9.17, 15) is 14.4 Å². The summed E-state index contributed by atoms with van der Waals surface area (Å²) in [6.07, 6.45) is 0.458. The smallest absolute Gasteiger partial charge is 0.337 e. The maximum atomic E-state index is 11.9. The Hall–Kier alpha value is -3.06. The van der Waals surface area contributed by atoms with E-state index in [0.717, 1.165) is 16.7 Å². The van der Waals surface area contributed by atoms with E-state index in [4.69, 9.17) is 21.1 Å². The summed E-state index contributed by atoms with van der Waals surface area (Å²) in [6, 6.07) is 10.6. The first kappa shape index (κ1) is 21.6. The fraction of sp³-hybridized carbons (Fsp3) is 0.318. The summed E-state index contributed by atoms with van der Waals surface area (Å²) in [4.78, 5) is 34.7. The highest BCUT2D eigenvalue weighted by Gasteiger charge is 2.27. The predicted octanol–water partition coefficient (Wildman–Crippen LogP) is 3.17. The number of fused-ring (bicyclic) bond motifs is 1. The lowest BCUT2D eigenvalue weighted by molar-refractivity contribution is -0.142. The Bertz CT molecular complexity index is 957. The molecule has 2 aromatic carbocycles. The fourth-order valence-electron chi connectivity index (χ4n) is 3.26. The summed E-state index contributed by atoms with van der Waals surface area (Å²) in [5.74, 6) is -0.361. The minimum Gasteiger partial charge on any atom is -0.487 e. The first-order valence-corrected chi connectivity index (χ1v) is 9.80. The van der Waals surface area contributed by atoms with Crippen LogP contribution in [0.5, 0.6) is 5.75 Å². The van der Waals surface area contributed by atoms with Crippen LogP contribution in [0, 0.1) is 0 Å². The number of esters is 2. The number of nitrogens with one attached hydrogen (secondary N) is 1. The van der Waals surface area contributed by atoms with Gasteiger partial charge in [-0.1, -0.05) is 23.7 Å². The SMILES string of the molecule is COC(=O)CCC(=O)NCC1Cc2cc(Cl)cc(-c3ccc(C(=O)OC)cc3)c2O1. The van der Waals surface area contributed by atoms with Gasteiger partial charge in [0, 0.05) is 29.0 Å². The standard InChI is InChI=1S/C22H22ClNO6/c1-28-20(26)8-7-19(25)24-12-17-10-15-9-16(23)11-18(21(15)30-17)13-3-5-14(6-4-13)22(27)29-2/h3-6,9,11,17H,7-8,10,12H2,1-2H3,(H,24,25). The molecule has 0 aromatic heterocycles. The Kier molecular flexibility index (Phi) is 6.95. The second-order valence-electron chi connectivity index (χ2n) is 6.83. The molecular formula is C22H22ClNO6. The topological polar surface area (TPSA) is 90.9 Å². The molecule has 7 nitrogen and oxygen atoms in total. The number of carbonyl (C=O) groups is 3. The zero-order valence-electron chi connectivity index (χ0n) is 16.7. The van der Waals surface area contributed by atoms with E-state index in [0.29, 0.717) is 29.3 Å². The maximum Gasteiger partial charge on any atom is 0.337 e. The first-order valence-electron chi connectivity index (χ1n) is 9.42. The second-order valence-corrected chi connectivity index (χ2v) is 7.27. The van der Waals surface area contributed by atoms with Crippen molar-refractivity contribution < 1.29 is 28.6 Å². The van der Waals surface area contributed by atoms with Crippen molar-refractivity contribution in [2.75, 3.05) is 20.8 Å². The molecule has 30 heavy (non-hydrogen) atoms. The van der Waals surface area contributed by atoms with Crippen LogP contribution in [0.1, 0.15) is 28.8 Å². The van der Waals surface area contributed by atoms with Crippen LogP contribution >= 0.6 is 11.6 Å². The van der Waals surface area contributed by atoms with E-state index < -0.39 is 11.9 Å². The van der Waals surface area contributed by atoms with Gasteiger partial charge in [0.1, 0.15) is 11.9 Å². The minimum atomic E-state index is -0.424. The number of halogens is 1. The number of hydrogen-bond acceptors (Lipinski definition) is 6. The number of amides is 1. The molecule has 1 unspecified atom stereocenters. The number of hydrogen-bond donors (Lipinski definition) is 1. The average Bonchev–Trinajstić information content (AvgIpc) is 3.17. The number of ether oxygens (including phenoxy) is 3. The van der Waals surface area contributed by atoms with E-state index in [-0.39, 0.29) is 24.9 Å². The van der Waals surface area contributed by atoms with Crippen LogP contribution in [0.3, 0.4) is 0 Å². The van der Waals surface area contributed by atoms with Crippen molar-refractivity contribution in [3.63, 3.8) is 0 Å². The third-order valence-corrected chi connectivity index (χ3v) is 5.01. The number of carbonyl (C=O) groups excluding carboxylic acids is 3. The highest BCUT2D eigenvalue weighted by molar-refractivity contribution is 6.31. The van der Waals surface area contributed by atoms with Crippen molar-refractivity contribution in [2.24, 2.45) is 0 Å². The third-order valence-electron chi connectivity index (χ3n) is 4.79. The summed E-state index contributed by atoms with van der Waals surface area (Å²) in [6.45, 7) is 0.313. The van der Waals surface area contributed by atoms with Crippen LogP contribution in [-0.2, 0) is 25.5 Å². The van der Waals surface area contributed by atoms with Crippen molar-refractivity contribution in [3.05, 3.63) is 52.5 Å². The molecule has 1 heterocycles. The van der Waals surface area contributed by atoms with Gasteiger partial charge in [0.25, 0.3) is 0 Å². The zero-order chi connectivity index (χ0) is 21.7. The lowest BCUT2D eigenvalue weighted by Crippen LogP contribution is -2.34. The van der Waals surface area contributed by atoms with E-state index in [1.54, 1.807) is 12.1 Å². The highest BCUT2D eigenvalue weighted by Crippen LogP contribution is 2.41. The molecule has 1 aliphatic heterocycles. The molecule has 0 radical (unpaired) electrons. The molecule has 1 N–H and O–H groups in total. The molecule has 158 valence electrons. The number of benzene rings is 2. The second kappa shape index (κ2) is 9.63. The first-order chi connectivity index (χ1) is 14.4. The van der Waals surface area contributed by atoms with E-state index in [2.05, 4.69) is 10.1 Å². The van der Waals surface area contributed by atoms with E-state index in [1.807, 2.05) is 24.3 Å². The van der Waals surface area contributed by atoms with E-state index >= 15 is 0 Å². The molecule has 8 heteroatoms. The van der Waals surface area contributed by atoms with Gasteiger partial charge in [-0.3, -0.25) is 9.59 Å². The summed E-state index contributed by atoms with van der Waals surface area (Å²) >= 11 is 6.30. The van der Waals surface area contributed by atoms with Crippen molar-refractivity contribution in [2.45, 2.75) is 25.4 Å². The van der Waals surface area contributed by atoms with Gasteiger partial charge in [-0.05, 0) is 29.8 Å². The van der Waals surface area contributed by atoms with Gasteiger partial charge in [0.15, 0.2) is 0 Å². The monoisotopic (exact) mass is 431 g/mol. The number of rotatable bonds is 7. The molecule has 0 fully saturated rings. The van der Waals surface area contributed by atoms with Crippen LogP contribution in [0.4, 0.5) is 0 Å². The summed E-state index contributed by atoms with van der Waals surface area (Å²) < 4.78 is 15.3. The summed E-state index contributed by atoms with van der Waals surface area (Å²) in [5, 5.41) is 3.36. The summed E-state index contributed by atoms with van der Waals surface area (Å²) in [5.41, 5.74) is 3.06. The molecule has 1 amide bonds. The zero-order valence-corrected chi connectivity index (χ0v) is 17.5. The molecular weight excluding hydrogens is 410 g/mol. The number of methoxy groups -OCH3 is 2. The molecule has 0 spiro atoms. The van der Waals surface area contributed by atoms with Crippen LogP contribution in [-0.4, -0.2) is 44.7 Å². The van der Waals surface area contributed by atoms with Gasteiger partial charge in [0.05, 0.1) is 32.7 Å². The average molecular weight is 432 g/mol. The van der Waals surface area contributed by atoms with Crippen molar-refractivity contribution in [1.82, 2.24) is 5.32 Å². The highest BCUT2D eigenvalue weighted by atomic mass is 35.5. The lowest BCUT2D eigenvalue weighted by atomic mass is 9.99. The van der Waals surface area contributed by atoms with Crippen molar-refractivity contribution >= 4 is 29.4 Å². The quantitative estimate of drug-likeness (QED) is 0.677. The summed E-state index contributed by atoms with van der Waals surface area (Å²) in [7, 11) is 2.62. The molecule has 0 saturated carbocycles. The lowest BCUT2D eigenvalue weighted by Gasteiger charge is -2.14. The molecule has 0 bridgehead atoms. The molecule has 2 aromatic rings. The fourth-order valence-corrected chi connectivity index (χ4v) is 3.50. The Morgan fingerprint density at radius 2 is 1.83 bits per heavy atom. The van der Waals surface area contributed by atoms with Gasteiger partial charge in [-0.25, -0.2) is 4.79 Å². The van der Waals surface area contributed by atoms with Crippen LogP contribution in [0.15, 0.2) is 36.4 Å². The van der Waals surface area contributed by atoms with Gasteiger partial charge in [0.2, 0.25) is 5.91 Å². The van der Waals surface area contributed by atoms with Gasteiger partial charge in [-0.2, -0.15) is 0 Å². The molecule has 0 aliphatic carbocycles. The van der Waals surface area contributed by atoms with E-state index in [1.165, 1.54) is 14.2 Å². The molecule has 0 saturated heterocycles. The van der Waals surface area contributed by atoms with Crippen LogP contribution in [0.2, 0.25) is 5.02 Å². The molecule has 1 aliphatic rings. The van der Waals surface area contributed by atoms with Gasteiger partial charge in [-0.15, -0.1) is 0 Å². The molecule has 3 rings (SSSR count).